The summed E-state index contributed by atoms with van der Waals surface area (Å²) in [4.78, 5) is 12.6. The summed E-state index contributed by atoms with van der Waals surface area (Å²) in [6, 6.07) is 16.5. The number of para-hydroxylation sites is 2. The van der Waals surface area contributed by atoms with Crippen molar-refractivity contribution in [2.24, 2.45) is 0 Å². The second-order valence-corrected chi connectivity index (χ2v) is 6.87. The van der Waals surface area contributed by atoms with E-state index in [4.69, 9.17) is 23.2 Å². The molecule has 1 amide bonds. The van der Waals surface area contributed by atoms with Gasteiger partial charge in [0, 0.05) is 11.3 Å². The average molecular weight is 411 g/mol. The van der Waals surface area contributed by atoms with Gasteiger partial charge in [0.15, 0.2) is 0 Å². The number of anilines is 1. The number of aryl methyl sites for hydroxylation is 1. The molecule has 2 aromatic carbocycles. The first-order valence-corrected chi connectivity index (χ1v) is 9.16. The van der Waals surface area contributed by atoms with Crippen LogP contribution in [0.4, 0.5) is 5.69 Å². The minimum atomic E-state index is -0.594. The third-order valence-electron chi connectivity index (χ3n) is 4.20. The molecular weight excluding hydrogens is 395 g/mol. The number of nitriles is 1. The van der Waals surface area contributed by atoms with Gasteiger partial charge in [0.2, 0.25) is 0 Å². The molecule has 0 aliphatic rings. The van der Waals surface area contributed by atoms with Gasteiger partial charge < -0.3 is 5.32 Å². The van der Waals surface area contributed by atoms with Crippen LogP contribution in [0.2, 0.25) is 10.0 Å². The quantitative estimate of drug-likeness (QED) is 0.465. The number of nitrogens with zero attached hydrogens (tertiary/aromatic N) is 3. The van der Waals surface area contributed by atoms with Crippen molar-refractivity contribution in [2.45, 2.75) is 13.8 Å². The van der Waals surface area contributed by atoms with Crippen molar-refractivity contribution < 1.29 is 4.79 Å². The van der Waals surface area contributed by atoms with Crippen LogP contribution in [0, 0.1) is 25.2 Å². The highest BCUT2D eigenvalue weighted by Gasteiger charge is 2.17. The van der Waals surface area contributed by atoms with Crippen LogP contribution in [-0.4, -0.2) is 15.7 Å². The van der Waals surface area contributed by atoms with Crippen LogP contribution in [-0.2, 0) is 4.79 Å². The molecule has 0 saturated heterocycles. The first-order valence-electron chi connectivity index (χ1n) is 8.41. The van der Waals surface area contributed by atoms with E-state index in [1.165, 1.54) is 6.08 Å². The predicted octanol–water partition coefficient (Wildman–Crippen LogP) is 5.34. The number of hydrogen-bond acceptors (Lipinski definition) is 3. The van der Waals surface area contributed by atoms with Gasteiger partial charge in [-0.25, -0.2) is 4.68 Å². The summed E-state index contributed by atoms with van der Waals surface area (Å²) in [6.07, 6.45) is 1.52. The molecule has 1 aromatic heterocycles. The van der Waals surface area contributed by atoms with Crippen molar-refractivity contribution >= 4 is 40.9 Å². The first kappa shape index (κ1) is 19.7. The van der Waals surface area contributed by atoms with Crippen LogP contribution in [0.15, 0.2) is 54.1 Å². The van der Waals surface area contributed by atoms with E-state index in [0.717, 1.165) is 11.4 Å². The minimum Gasteiger partial charge on any atom is -0.319 e. The molecule has 0 aliphatic carbocycles. The fourth-order valence-electron chi connectivity index (χ4n) is 2.78. The van der Waals surface area contributed by atoms with Crippen LogP contribution in [0.25, 0.3) is 11.8 Å². The molecule has 0 bridgehead atoms. The molecule has 140 valence electrons. The van der Waals surface area contributed by atoms with Crippen molar-refractivity contribution in [2.75, 3.05) is 5.32 Å². The number of aromatic nitrogens is 2. The fraction of sp³-hybridized carbons (Fsp3) is 0.0952. The zero-order chi connectivity index (χ0) is 20.3. The zero-order valence-electron chi connectivity index (χ0n) is 15.2. The van der Waals surface area contributed by atoms with Crippen molar-refractivity contribution in [3.63, 3.8) is 0 Å². The molecule has 1 heterocycles. The minimum absolute atomic E-state index is 0.0743. The van der Waals surface area contributed by atoms with Gasteiger partial charge in [-0.2, -0.15) is 10.4 Å². The van der Waals surface area contributed by atoms with Gasteiger partial charge in [0.05, 0.1) is 27.1 Å². The maximum atomic E-state index is 12.6. The normalized spacial score (nSPS) is 11.2. The maximum absolute atomic E-state index is 12.6. The van der Waals surface area contributed by atoms with E-state index >= 15 is 0 Å². The Morgan fingerprint density at radius 2 is 1.75 bits per heavy atom. The third kappa shape index (κ3) is 3.94. The van der Waals surface area contributed by atoms with E-state index in [0.29, 0.717) is 21.3 Å². The van der Waals surface area contributed by atoms with Crippen LogP contribution in [0.5, 0.6) is 0 Å². The Labute approximate surface area is 172 Å². The van der Waals surface area contributed by atoms with Crippen LogP contribution < -0.4 is 5.32 Å². The summed E-state index contributed by atoms with van der Waals surface area (Å²) in [5.74, 6) is -0.594. The molecule has 0 fully saturated rings. The van der Waals surface area contributed by atoms with Crippen LogP contribution in [0.1, 0.15) is 17.0 Å². The molecule has 0 aliphatic heterocycles. The van der Waals surface area contributed by atoms with Crippen molar-refractivity contribution in [1.82, 2.24) is 9.78 Å². The summed E-state index contributed by atoms with van der Waals surface area (Å²) < 4.78 is 1.78. The fourth-order valence-corrected chi connectivity index (χ4v) is 3.27. The van der Waals surface area contributed by atoms with Crippen LogP contribution in [0.3, 0.4) is 0 Å². The van der Waals surface area contributed by atoms with E-state index in [1.807, 2.05) is 50.2 Å². The molecule has 7 heteroatoms. The SMILES string of the molecule is Cc1nn(-c2ccccc2)c(C)c1/C=C(\C#N)C(=O)Nc1c(Cl)cccc1Cl. The Balaban J connectivity index is 1.96. The van der Waals surface area contributed by atoms with Crippen molar-refractivity contribution in [3.05, 3.63) is 81.1 Å². The van der Waals surface area contributed by atoms with E-state index < -0.39 is 5.91 Å². The number of halogens is 2. The standard InChI is InChI=1S/C21H16Cl2N4O/c1-13-17(14(2)27(26-13)16-7-4-3-5-8-16)11-15(12-24)21(28)25-20-18(22)9-6-10-19(20)23/h3-11H,1-2H3,(H,25,28)/b15-11+. The van der Waals surface area contributed by atoms with Gasteiger partial charge in [0.1, 0.15) is 11.6 Å². The monoisotopic (exact) mass is 410 g/mol. The average Bonchev–Trinajstić information content (AvgIpc) is 2.97. The number of rotatable bonds is 4. The Bertz CT molecular complexity index is 1090. The molecule has 0 unspecified atom stereocenters. The lowest BCUT2D eigenvalue weighted by Gasteiger charge is -2.08. The lowest BCUT2D eigenvalue weighted by atomic mass is 10.1. The molecule has 28 heavy (non-hydrogen) atoms. The molecule has 3 rings (SSSR count). The first-order chi connectivity index (χ1) is 13.4. The number of benzene rings is 2. The Morgan fingerprint density at radius 3 is 2.36 bits per heavy atom. The second-order valence-electron chi connectivity index (χ2n) is 6.05. The summed E-state index contributed by atoms with van der Waals surface area (Å²) in [7, 11) is 0. The highest BCUT2D eigenvalue weighted by atomic mass is 35.5. The molecule has 0 atom stereocenters. The predicted molar refractivity (Wildman–Crippen MR) is 112 cm³/mol. The molecule has 3 aromatic rings. The van der Waals surface area contributed by atoms with E-state index in [1.54, 1.807) is 22.9 Å². The molecule has 0 radical (unpaired) electrons. The molecule has 0 spiro atoms. The van der Waals surface area contributed by atoms with E-state index in [-0.39, 0.29) is 11.3 Å². The number of hydrogen-bond donors (Lipinski definition) is 1. The number of carbonyl (C=O) groups is 1. The van der Waals surface area contributed by atoms with Crippen molar-refractivity contribution in [3.8, 4) is 11.8 Å². The zero-order valence-corrected chi connectivity index (χ0v) is 16.7. The lowest BCUT2D eigenvalue weighted by Crippen LogP contribution is -2.14. The maximum Gasteiger partial charge on any atom is 0.266 e. The summed E-state index contributed by atoms with van der Waals surface area (Å²) >= 11 is 12.2. The number of amides is 1. The number of nitrogens with one attached hydrogen (secondary N) is 1. The lowest BCUT2D eigenvalue weighted by molar-refractivity contribution is -0.112. The summed E-state index contributed by atoms with van der Waals surface area (Å²) in [5.41, 5.74) is 3.33. The van der Waals surface area contributed by atoms with Gasteiger partial charge in [-0.15, -0.1) is 0 Å². The largest absolute Gasteiger partial charge is 0.319 e. The topological polar surface area (TPSA) is 70.7 Å². The van der Waals surface area contributed by atoms with Gasteiger partial charge in [-0.05, 0) is 44.2 Å². The Hall–Kier alpha value is -3.07. The molecule has 5 nitrogen and oxygen atoms in total. The molecule has 0 saturated carbocycles. The van der Waals surface area contributed by atoms with Gasteiger partial charge in [0.25, 0.3) is 5.91 Å². The summed E-state index contributed by atoms with van der Waals surface area (Å²) in [5, 5.41) is 17.2. The highest BCUT2D eigenvalue weighted by molar-refractivity contribution is 6.40. The Kier molecular flexibility index (Phi) is 5.84. The highest BCUT2D eigenvalue weighted by Crippen LogP contribution is 2.30. The van der Waals surface area contributed by atoms with E-state index in [9.17, 15) is 10.1 Å². The van der Waals surface area contributed by atoms with Gasteiger partial charge >= 0.3 is 0 Å². The van der Waals surface area contributed by atoms with E-state index in [2.05, 4.69) is 10.4 Å². The summed E-state index contributed by atoms with van der Waals surface area (Å²) in [6.45, 7) is 3.72. The van der Waals surface area contributed by atoms with Crippen LogP contribution >= 0.6 is 23.2 Å². The smallest absolute Gasteiger partial charge is 0.266 e. The second kappa shape index (κ2) is 8.30. The third-order valence-corrected chi connectivity index (χ3v) is 4.83. The van der Waals surface area contributed by atoms with Gasteiger partial charge in [-0.1, -0.05) is 47.5 Å². The van der Waals surface area contributed by atoms with Crippen molar-refractivity contribution in [1.29, 1.82) is 5.26 Å². The number of carbonyl (C=O) groups excluding carboxylic acids is 1. The molecular formula is C21H16Cl2N4O. The Morgan fingerprint density at radius 1 is 1.11 bits per heavy atom. The molecule has 1 N–H and O–H groups in total. The van der Waals surface area contributed by atoms with Gasteiger partial charge in [-0.3, -0.25) is 4.79 Å².